The number of nitrogens with zero attached hydrogens (tertiary/aromatic N) is 3. The van der Waals surface area contributed by atoms with Crippen molar-refractivity contribution in [2.45, 2.75) is 19.4 Å². The summed E-state index contributed by atoms with van der Waals surface area (Å²) in [6, 6.07) is 1.77. The minimum Gasteiger partial charge on any atom is -0.469 e. The summed E-state index contributed by atoms with van der Waals surface area (Å²) in [5, 5.41) is 15.8. The average molecular weight is 211 g/mol. The molecule has 0 aliphatic rings. The van der Waals surface area contributed by atoms with Crippen LogP contribution in [0, 0.1) is 0 Å². The Balaban J connectivity index is 2.41. The lowest BCUT2D eigenvalue weighted by atomic mass is 10.2. The predicted octanol–water partition coefficient (Wildman–Crippen LogP) is 0.667. The predicted molar refractivity (Wildman–Crippen MR) is 52.7 cm³/mol. The number of ether oxygens (including phenoxy) is 1. The van der Waals surface area contributed by atoms with Crippen LogP contribution in [-0.2, 0) is 16.1 Å². The van der Waals surface area contributed by atoms with Gasteiger partial charge in [0.2, 0.25) is 0 Å². The van der Waals surface area contributed by atoms with E-state index in [1.807, 2.05) is 0 Å². The number of aromatic nitrogens is 2. The van der Waals surface area contributed by atoms with Crippen LogP contribution in [0.25, 0.3) is 0 Å². The fraction of sp³-hybridized carbons (Fsp3) is 0.444. The maximum Gasteiger partial charge on any atom is 0.305 e. The zero-order chi connectivity index (χ0) is 11.1. The molecule has 1 N–H and O–H groups in total. The van der Waals surface area contributed by atoms with E-state index in [2.05, 4.69) is 15.0 Å². The molecule has 1 aromatic rings. The molecule has 1 aromatic heterocycles. The van der Waals surface area contributed by atoms with Crippen LogP contribution >= 0.6 is 0 Å². The van der Waals surface area contributed by atoms with Gasteiger partial charge in [-0.2, -0.15) is 5.10 Å². The summed E-state index contributed by atoms with van der Waals surface area (Å²) in [5.41, 5.74) is 0.490. The van der Waals surface area contributed by atoms with E-state index in [4.69, 9.17) is 5.21 Å². The van der Waals surface area contributed by atoms with Crippen LogP contribution < -0.4 is 0 Å². The van der Waals surface area contributed by atoms with Crippen molar-refractivity contribution in [3.05, 3.63) is 18.5 Å². The monoisotopic (exact) mass is 211 g/mol. The molecule has 1 rings (SSSR count). The molecule has 82 valence electrons. The summed E-state index contributed by atoms with van der Waals surface area (Å²) in [7, 11) is 1.32. The van der Waals surface area contributed by atoms with Crippen molar-refractivity contribution in [1.29, 1.82) is 0 Å². The molecule has 0 spiro atoms. The van der Waals surface area contributed by atoms with E-state index in [1.54, 1.807) is 23.1 Å². The maximum absolute atomic E-state index is 10.9. The first-order valence-electron chi connectivity index (χ1n) is 4.50. The second-order valence-corrected chi connectivity index (χ2v) is 2.95. The lowest BCUT2D eigenvalue weighted by molar-refractivity contribution is -0.140. The van der Waals surface area contributed by atoms with E-state index in [0.717, 1.165) is 0 Å². The van der Waals surface area contributed by atoms with Crippen molar-refractivity contribution >= 4 is 11.7 Å². The summed E-state index contributed by atoms with van der Waals surface area (Å²) in [5.74, 6) is -0.323. The Hall–Kier alpha value is -1.85. The van der Waals surface area contributed by atoms with Gasteiger partial charge in [-0.05, 0) is 6.07 Å². The molecule has 0 atom stereocenters. The summed E-state index contributed by atoms with van der Waals surface area (Å²) >= 11 is 0. The van der Waals surface area contributed by atoms with Gasteiger partial charge in [0.15, 0.2) is 0 Å². The first-order chi connectivity index (χ1) is 7.26. The molecular formula is C9H13N3O3. The standard InChI is InChI=1S/C9H13N3O3/c1-15-9(13)4-3-8(11-14)7-12-6-2-5-10-12/h2,5-6,14H,3-4,7H2,1H3/b11-8+. The van der Waals surface area contributed by atoms with Gasteiger partial charge in [-0.15, -0.1) is 0 Å². The van der Waals surface area contributed by atoms with Crippen molar-refractivity contribution < 1.29 is 14.7 Å². The Morgan fingerprint density at radius 2 is 2.40 bits per heavy atom. The third-order valence-corrected chi connectivity index (χ3v) is 1.89. The van der Waals surface area contributed by atoms with Gasteiger partial charge >= 0.3 is 5.97 Å². The fourth-order valence-corrected chi connectivity index (χ4v) is 1.09. The van der Waals surface area contributed by atoms with Crippen molar-refractivity contribution in [1.82, 2.24) is 9.78 Å². The zero-order valence-electron chi connectivity index (χ0n) is 8.46. The number of carbonyl (C=O) groups is 1. The highest BCUT2D eigenvalue weighted by molar-refractivity contribution is 5.86. The molecule has 0 amide bonds. The number of esters is 1. The Labute approximate surface area is 87.1 Å². The highest BCUT2D eigenvalue weighted by Crippen LogP contribution is 1.98. The molecule has 0 saturated heterocycles. The Morgan fingerprint density at radius 1 is 1.60 bits per heavy atom. The Morgan fingerprint density at radius 3 is 2.93 bits per heavy atom. The fourth-order valence-electron chi connectivity index (χ4n) is 1.09. The molecule has 0 unspecified atom stereocenters. The van der Waals surface area contributed by atoms with Gasteiger partial charge in [0.1, 0.15) is 0 Å². The number of methoxy groups -OCH3 is 1. The van der Waals surface area contributed by atoms with Gasteiger partial charge in [0.05, 0.1) is 25.8 Å². The molecule has 0 radical (unpaired) electrons. The molecule has 6 nitrogen and oxygen atoms in total. The van der Waals surface area contributed by atoms with Crippen LogP contribution in [0.15, 0.2) is 23.6 Å². The highest BCUT2D eigenvalue weighted by Gasteiger charge is 2.06. The van der Waals surface area contributed by atoms with Crippen LogP contribution in [0.4, 0.5) is 0 Å². The molecule has 0 aliphatic heterocycles. The lowest BCUT2D eigenvalue weighted by Crippen LogP contribution is -2.13. The topological polar surface area (TPSA) is 76.7 Å². The van der Waals surface area contributed by atoms with Gasteiger partial charge in [0, 0.05) is 18.8 Å². The molecule has 0 saturated carbocycles. The average Bonchev–Trinajstić information content (AvgIpc) is 2.76. The number of rotatable bonds is 5. The van der Waals surface area contributed by atoms with Gasteiger partial charge in [-0.25, -0.2) is 0 Å². The van der Waals surface area contributed by atoms with Crippen molar-refractivity contribution in [3.63, 3.8) is 0 Å². The van der Waals surface area contributed by atoms with E-state index in [1.165, 1.54) is 7.11 Å². The third-order valence-electron chi connectivity index (χ3n) is 1.89. The van der Waals surface area contributed by atoms with Gasteiger partial charge in [-0.1, -0.05) is 5.16 Å². The summed E-state index contributed by atoms with van der Waals surface area (Å²) < 4.78 is 6.10. The van der Waals surface area contributed by atoms with Crippen LogP contribution in [0.1, 0.15) is 12.8 Å². The summed E-state index contributed by atoms with van der Waals surface area (Å²) in [6.45, 7) is 0.375. The molecule has 0 aromatic carbocycles. The molecule has 0 aliphatic carbocycles. The maximum atomic E-state index is 10.9. The first kappa shape index (κ1) is 11.2. The highest BCUT2D eigenvalue weighted by atomic mass is 16.5. The van der Waals surface area contributed by atoms with E-state index in [0.29, 0.717) is 18.7 Å². The molecule has 6 heteroatoms. The molecule has 0 fully saturated rings. The van der Waals surface area contributed by atoms with E-state index >= 15 is 0 Å². The van der Waals surface area contributed by atoms with Crippen molar-refractivity contribution in [2.75, 3.05) is 7.11 Å². The molecule has 15 heavy (non-hydrogen) atoms. The van der Waals surface area contributed by atoms with E-state index < -0.39 is 0 Å². The molecule has 0 bridgehead atoms. The van der Waals surface area contributed by atoms with Crippen LogP contribution in [0.3, 0.4) is 0 Å². The van der Waals surface area contributed by atoms with E-state index in [-0.39, 0.29) is 12.4 Å². The normalized spacial score (nSPS) is 11.4. The van der Waals surface area contributed by atoms with Gasteiger partial charge in [0.25, 0.3) is 0 Å². The summed E-state index contributed by atoms with van der Waals surface area (Å²) in [6.07, 6.45) is 3.96. The minimum atomic E-state index is -0.323. The zero-order valence-corrected chi connectivity index (χ0v) is 8.46. The minimum absolute atomic E-state index is 0.206. The largest absolute Gasteiger partial charge is 0.469 e. The third kappa shape index (κ3) is 3.80. The van der Waals surface area contributed by atoms with E-state index in [9.17, 15) is 4.79 Å². The van der Waals surface area contributed by atoms with Crippen LogP contribution in [-0.4, -0.2) is 33.8 Å². The second kappa shape index (κ2) is 5.79. The number of hydrogen-bond acceptors (Lipinski definition) is 5. The number of hydrogen-bond donors (Lipinski definition) is 1. The number of carbonyl (C=O) groups excluding carboxylic acids is 1. The Kier molecular flexibility index (Phi) is 4.33. The van der Waals surface area contributed by atoms with Crippen molar-refractivity contribution in [3.8, 4) is 0 Å². The quantitative estimate of drug-likeness (QED) is 0.336. The second-order valence-electron chi connectivity index (χ2n) is 2.95. The molecular weight excluding hydrogens is 198 g/mol. The SMILES string of the molecule is COC(=O)CC/C(Cn1cccn1)=N\O. The Bertz CT molecular complexity index is 332. The number of oxime groups is 1. The van der Waals surface area contributed by atoms with Crippen LogP contribution in [0.2, 0.25) is 0 Å². The smallest absolute Gasteiger partial charge is 0.305 e. The van der Waals surface area contributed by atoms with Gasteiger partial charge in [-0.3, -0.25) is 9.48 Å². The van der Waals surface area contributed by atoms with Gasteiger partial charge < -0.3 is 9.94 Å². The van der Waals surface area contributed by atoms with Crippen molar-refractivity contribution in [2.24, 2.45) is 5.16 Å². The van der Waals surface area contributed by atoms with Crippen LogP contribution in [0.5, 0.6) is 0 Å². The summed E-state index contributed by atoms with van der Waals surface area (Å²) in [4.78, 5) is 10.9. The molecule has 1 heterocycles. The lowest BCUT2D eigenvalue weighted by Gasteiger charge is -2.03. The first-order valence-corrected chi connectivity index (χ1v) is 4.50.